The van der Waals surface area contributed by atoms with Gasteiger partial charge in [0.25, 0.3) is 0 Å². The van der Waals surface area contributed by atoms with Crippen LogP contribution < -0.4 is 0 Å². The topological polar surface area (TPSA) is 15.8 Å². The van der Waals surface area contributed by atoms with Gasteiger partial charge >= 0.3 is 0 Å². The number of fused-ring (bicyclic) bond motifs is 11. The van der Waals surface area contributed by atoms with Gasteiger partial charge in [0.1, 0.15) is 0 Å². The van der Waals surface area contributed by atoms with E-state index >= 15 is 0 Å². The van der Waals surface area contributed by atoms with Crippen molar-refractivity contribution in [1.82, 2.24) is 4.98 Å². The second kappa shape index (κ2) is 11.5. The molecular weight excluding hydrogens is 599 g/mol. The van der Waals surface area contributed by atoms with Crippen molar-refractivity contribution in [3.8, 4) is 33.4 Å². The Morgan fingerprint density at radius 3 is 1.71 bits per heavy atom. The van der Waals surface area contributed by atoms with Gasteiger partial charge in [-0.3, -0.25) is 0 Å². The molecule has 0 aliphatic carbocycles. The van der Waals surface area contributed by atoms with Crippen molar-refractivity contribution in [1.29, 1.82) is 0 Å². The van der Waals surface area contributed by atoms with Crippen LogP contribution in [0.1, 0.15) is 15.3 Å². The van der Waals surface area contributed by atoms with E-state index < -0.39 is 0 Å². The summed E-state index contributed by atoms with van der Waals surface area (Å²) in [6.07, 6.45) is 0. The van der Waals surface area contributed by atoms with Gasteiger partial charge in [-0.05, 0) is 68.2 Å². The van der Waals surface area contributed by atoms with E-state index in [4.69, 9.17) is 0 Å². The minimum absolute atomic E-state index is 0. The normalized spacial score (nSPS) is 11.5. The smallest absolute Gasteiger partial charge is 0.0551 e. The van der Waals surface area contributed by atoms with Gasteiger partial charge in [0, 0.05) is 43.3 Å². The van der Waals surface area contributed by atoms with Crippen molar-refractivity contribution >= 4 is 74.9 Å². The number of rotatable bonds is 3. The quantitative estimate of drug-likeness (QED) is 0.186. The average Bonchev–Trinajstić information content (AvgIpc) is 3.75. The Kier molecular flexibility index (Phi) is 6.85. The second-order valence-corrected chi connectivity index (χ2v) is 13.2. The molecule has 1 nitrogen and oxygen atoms in total. The maximum Gasteiger partial charge on any atom is 0.0551 e. The van der Waals surface area contributed by atoms with Crippen LogP contribution in [0.2, 0.25) is 0 Å². The molecule has 0 radical (unpaired) electrons. The first kappa shape index (κ1) is 28.5. The van der Waals surface area contributed by atoms with Crippen LogP contribution in [0.15, 0.2) is 158 Å². The number of para-hydroxylation sites is 1. The van der Waals surface area contributed by atoms with Gasteiger partial charge in [-0.25, -0.2) is 0 Å². The number of hydrogen-bond acceptors (Lipinski definition) is 1. The Balaban J connectivity index is 0.00000114. The monoisotopic (exact) mass is 633 g/mol. The zero-order chi connectivity index (χ0) is 32.2. The first-order chi connectivity index (χ1) is 23.8. The number of nitrogens with one attached hydrogen (secondary N) is 1. The van der Waals surface area contributed by atoms with Crippen molar-refractivity contribution < 1.29 is 1.43 Å². The van der Waals surface area contributed by atoms with Crippen LogP contribution in [0.5, 0.6) is 0 Å². The molecule has 0 aliphatic rings. The van der Waals surface area contributed by atoms with Crippen LogP contribution in [0, 0.1) is 0 Å². The second-order valence-electron chi connectivity index (χ2n) is 12.1. The number of thiophene rings is 1. The third-order valence-electron chi connectivity index (χ3n) is 9.58. The van der Waals surface area contributed by atoms with E-state index in [1.165, 1.54) is 96.9 Å². The number of hydrogen-bond donors (Lipinski definition) is 1. The highest BCUT2D eigenvalue weighted by Crippen LogP contribution is 2.44. The zero-order valence-corrected chi connectivity index (χ0v) is 27.7. The molecule has 48 heavy (non-hydrogen) atoms. The Bertz CT molecular complexity index is 2810. The molecule has 0 saturated heterocycles. The van der Waals surface area contributed by atoms with Gasteiger partial charge in [0.2, 0.25) is 0 Å². The summed E-state index contributed by atoms with van der Waals surface area (Å²) >= 11 is 1.89. The Morgan fingerprint density at radius 1 is 0.396 bits per heavy atom. The summed E-state index contributed by atoms with van der Waals surface area (Å²) < 4.78 is 2.66. The maximum atomic E-state index is 3.95. The van der Waals surface area contributed by atoms with E-state index in [0.29, 0.717) is 0 Å². The van der Waals surface area contributed by atoms with E-state index in [0.717, 1.165) is 0 Å². The molecule has 0 saturated carbocycles. The van der Waals surface area contributed by atoms with Crippen LogP contribution in [0.4, 0.5) is 0 Å². The highest BCUT2D eigenvalue weighted by atomic mass is 32.1. The lowest BCUT2D eigenvalue weighted by atomic mass is 9.91. The summed E-state index contributed by atoms with van der Waals surface area (Å²) in [6.45, 7) is 4.00. The van der Waals surface area contributed by atoms with Crippen LogP contribution in [-0.4, -0.2) is 4.98 Å². The molecule has 0 aliphatic heterocycles. The Morgan fingerprint density at radius 2 is 0.938 bits per heavy atom. The Labute approximate surface area is 285 Å². The third-order valence-corrected chi connectivity index (χ3v) is 10.8. The molecule has 0 fully saturated rings. The summed E-state index contributed by atoms with van der Waals surface area (Å²) in [7, 11) is 0. The number of benzene rings is 8. The molecule has 8 aromatic carbocycles. The molecule has 0 atom stereocenters. The lowest BCUT2D eigenvalue weighted by Crippen LogP contribution is -1.87. The lowest BCUT2D eigenvalue weighted by molar-refractivity contribution is 1.50. The van der Waals surface area contributed by atoms with Gasteiger partial charge in [0.15, 0.2) is 0 Å². The molecule has 0 amide bonds. The Hall–Kier alpha value is -5.70. The molecule has 10 aromatic rings. The van der Waals surface area contributed by atoms with Crippen molar-refractivity contribution in [3.05, 3.63) is 158 Å². The third kappa shape index (κ3) is 4.37. The van der Waals surface area contributed by atoms with Crippen LogP contribution in [0.3, 0.4) is 0 Å². The van der Waals surface area contributed by atoms with Crippen molar-refractivity contribution in [2.45, 2.75) is 13.8 Å². The molecule has 0 unspecified atom stereocenters. The van der Waals surface area contributed by atoms with Crippen LogP contribution >= 0.6 is 11.3 Å². The van der Waals surface area contributed by atoms with E-state index in [-0.39, 0.29) is 1.43 Å². The van der Waals surface area contributed by atoms with E-state index in [2.05, 4.69) is 163 Å². The van der Waals surface area contributed by atoms with Crippen LogP contribution in [0.25, 0.3) is 96.9 Å². The van der Waals surface area contributed by atoms with Crippen molar-refractivity contribution in [2.75, 3.05) is 0 Å². The van der Waals surface area contributed by atoms with Crippen molar-refractivity contribution in [3.63, 3.8) is 0 Å². The van der Waals surface area contributed by atoms with E-state index in [9.17, 15) is 0 Å². The fraction of sp³-hybridized carbons (Fsp3) is 0.0435. The fourth-order valence-electron chi connectivity index (χ4n) is 7.52. The molecule has 0 bridgehead atoms. The minimum Gasteiger partial charge on any atom is -0.353 e. The average molecular weight is 634 g/mol. The van der Waals surface area contributed by atoms with Gasteiger partial charge < -0.3 is 4.98 Å². The summed E-state index contributed by atoms with van der Waals surface area (Å²) in [6, 6.07) is 57.8. The predicted octanol–water partition coefficient (Wildman–Crippen LogP) is 14.3. The highest BCUT2D eigenvalue weighted by Gasteiger charge is 2.18. The fourth-order valence-corrected chi connectivity index (χ4v) is 8.76. The number of H-pyrrole nitrogens is 1. The zero-order valence-electron chi connectivity index (χ0n) is 26.9. The van der Waals surface area contributed by atoms with Gasteiger partial charge in [0.05, 0.1) is 11.0 Å². The van der Waals surface area contributed by atoms with Gasteiger partial charge in [-0.15, -0.1) is 11.3 Å². The summed E-state index contributed by atoms with van der Waals surface area (Å²) in [5.41, 5.74) is 9.74. The lowest BCUT2D eigenvalue weighted by Gasteiger charge is -2.13. The number of aromatic nitrogens is 1. The molecule has 0 spiro atoms. The summed E-state index contributed by atoms with van der Waals surface area (Å²) in [5, 5.41) is 10.3. The van der Waals surface area contributed by atoms with Crippen LogP contribution in [-0.2, 0) is 0 Å². The standard InChI is InChI=1S/C44H27NS.C2H6.H2/c1-2-12-27(13-3-1)28-24-29(26-30(25-28)32-20-11-21-38-35-16-8-9-23-40(35)46-44(32)38)31-19-10-22-39-41-36-17-6-4-14-33(36)34-15-5-7-18-37(34)43(41)45-42(31)39;1-2;/h1-26,45H;1-2H3;1H. The minimum atomic E-state index is 0. The molecular formula is C46H35NS. The molecule has 2 heterocycles. The number of aromatic amines is 1. The molecule has 2 heteroatoms. The van der Waals surface area contributed by atoms with Gasteiger partial charge in [-0.2, -0.15) is 0 Å². The highest BCUT2D eigenvalue weighted by molar-refractivity contribution is 7.26. The van der Waals surface area contributed by atoms with Crippen molar-refractivity contribution in [2.24, 2.45) is 0 Å². The largest absolute Gasteiger partial charge is 0.353 e. The SMILES string of the molecule is CC.[HH].c1ccc(-c2cc(-c3cccc4c3[nH]c3c5ccccc5c5ccccc5c43)cc(-c3cccc4c3sc3ccccc34)c2)cc1. The van der Waals surface area contributed by atoms with Gasteiger partial charge in [-0.1, -0.05) is 147 Å². The first-order valence-electron chi connectivity index (χ1n) is 16.8. The molecule has 230 valence electrons. The predicted molar refractivity (Wildman–Crippen MR) is 213 cm³/mol. The maximum absolute atomic E-state index is 3.95. The van der Waals surface area contributed by atoms with E-state index in [1.807, 2.05) is 25.2 Å². The molecule has 2 aromatic heterocycles. The summed E-state index contributed by atoms with van der Waals surface area (Å²) in [4.78, 5) is 3.95. The molecule has 1 N–H and O–H groups in total. The molecule has 10 rings (SSSR count). The first-order valence-corrected chi connectivity index (χ1v) is 17.6. The van der Waals surface area contributed by atoms with E-state index in [1.54, 1.807) is 0 Å². The summed E-state index contributed by atoms with van der Waals surface area (Å²) in [5.74, 6) is 0.